The quantitative estimate of drug-likeness (QED) is 0.532. The van der Waals surface area contributed by atoms with Gasteiger partial charge < -0.3 is 4.90 Å². The van der Waals surface area contributed by atoms with Crippen molar-refractivity contribution in [3.63, 3.8) is 0 Å². The van der Waals surface area contributed by atoms with Crippen molar-refractivity contribution in [1.82, 2.24) is 33.6 Å². The number of aryl methyl sites for hydroxylation is 1. The van der Waals surface area contributed by atoms with Gasteiger partial charge in [-0.05, 0) is 13.0 Å². The number of fused-ring (bicyclic) bond motifs is 1. The van der Waals surface area contributed by atoms with Gasteiger partial charge in [0.15, 0.2) is 11.3 Å². The number of hydrogen-bond acceptors (Lipinski definition) is 6. The molecule has 0 N–H and O–H groups in total. The van der Waals surface area contributed by atoms with Gasteiger partial charge in [0.2, 0.25) is 10.0 Å². The van der Waals surface area contributed by atoms with Crippen molar-refractivity contribution in [2.75, 3.05) is 26.2 Å². The first kappa shape index (κ1) is 25.1. The fourth-order valence-electron chi connectivity index (χ4n) is 3.83. The summed E-state index contributed by atoms with van der Waals surface area (Å²) in [6.45, 7) is 7.10. The van der Waals surface area contributed by atoms with E-state index >= 15 is 0 Å². The van der Waals surface area contributed by atoms with Gasteiger partial charge in [-0.1, -0.05) is 20.8 Å². The Balaban J connectivity index is 1.58. The summed E-state index contributed by atoms with van der Waals surface area (Å²) in [5, 5.41) is 7.88. The molecular weight excluding hydrogens is 487 g/mol. The van der Waals surface area contributed by atoms with Gasteiger partial charge in [0.05, 0.1) is 17.6 Å². The molecule has 0 saturated carbocycles. The maximum atomic E-state index is 13.7. The van der Waals surface area contributed by atoms with Crippen LogP contribution >= 0.6 is 0 Å². The highest BCUT2D eigenvalue weighted by molar-refractivity contribution is 7.89. The zero-order chi connectivity index (χ0) is 25.9. The van der Waals surface area contributed by atoms with E-state index in [0.29, 0.717) is 10.2 Å². The van der Waals surface area contributed by atoms with Crippen molar-refractivity contribution in [2.45, 2.75) is 44.2 Å². The van der Waals surface area contributed by atoms with Crippen LogP contribution in [0.1, 0.15) is 48.3 Å². The summed E-state index contributed by atoms with van der Waals surface area (Å²) < 4.78 is 70.5. The Labute approximate surface area is 200 Å². The lowest BCUT2D eigenvalue weighted by atomic mass is 9.91. The first-order valence-corrected chi connectivity index (χ1v) is 12.3. The Morgan fingerprint density at radius 1 is 1.06 bits per heavy atom. The highest BCUT2D eigenvalue weighted by Gasteiger charge is 2.37. The third kappa shape index (κ3) is 4.51. The first-order valence-electron chi connectivity index (χ1n) is 10.9. The molecule has 1 aliphatic heterocycles. The van der Waals surface area contributed by atoms with Crippen LogP contribution in [0.5, 0.6) is 0 Å². The number of nitrogens with zero attached hydrogens (tertiary/aromatic N) is 7. The number of piperazine rings is 1. The predicted octanol–water partition coefficient (Wildman–Crippen LogP) is 2.23. The van der Waals surface area contributed by atoms with E-state index in [0.717, 1.165) is 6.07 Å². The molecule has 1 fully saturated rings. The molecule has 1 saturated heterocycles. The second-order valence-electron chi connectivity index (χ2n) is 9.49. The van der Waals surface area contributed by atoms with Gasteiger partial charge in [-0.2, -0.15) is 27.7 Å². The SMILES string of the molecule is Cc1c(S(=O)(=O)N2CCN(C(=O)c3cc4nc(C(C)(C)C)cc(C(F)(F)F)n4n3)CC2)cnn1C. The predicted molar refractivity (Wildman–Crippen MR) is 119 cm³/mol. The van der Waals surface area contributed by atoms with E-state index in [1.165, 1.54) is 26.2 Å². The minimum absolute atomic E-state index is 0.0377. The number of carbonyl (C=O) groups excluding carboxylic acids is 1. The number of rotatable bonds is 3. The zero-order valence-electron chi connectivity index (χ0n) is 20.0. The lowest BCUT2D eigenvalue weighted by Gasteiger charge is -2.33. The fourth-order valence-corrected chi connectivity index (χ4v) is 5.44. The number of sulfonamides is 1. The average molecular weight is 514 g/mol. The van der Waals surface area contributed by atoms with E-state index in [4.69, 9.17) is 0 Å². The maximum absolute atomic E-state index is 13.7. The van der Waals surface area contributed by atoms with E-state index in [1.54, 1.807) is 34.7 Å². The van der Waals surface area contributed by atoms with E-state index in [9.17, 15) is 26.4 Å². The molecule has 4 rings (SSSR count). The summed E-state index contributed by atoms with van der Waals surface area (Å²) in [4.78, 5) is 18.8. The van der Waals surface area contributed by atoms with Gasteiger partial charge in [0.1, 0.15) is 10.6 Å². The van der Waals surface area contributed by atoms with E-state index in [1.807, 2.05) is 0 Å². The molecule has 0 unspecified atom stereocenters. The van der Waals surface area contributed by atoms with Crippen molar-refractivity contribution >= 4 is 21.6 Å². The molecule has 190 valence electrons. The molecular formula is C21H26F3N7O3S. The largest absolute Gasteiger partial charge is 0.433 e. The van der Waals surface area contributed by atoms with E-state index < -0.39 is 33.2 Å². The van der Waals surface area contributed by atoms with Gasteiger partial charge in [0, 0.05) is 44.7 Å². The van der Waals surface area contributed by atoms with Crippen LogP contribution < -0.4 is 0 Å². The molecule has 3 aromatic heterocycles. The topological polar surface area (TPSA) is 106 Å². The monoisotopic (exact) mass is 513 g/mol. The number of alkyl halides is 3. The van der Waals surface area contributed by atoms with Gasteiger partial charge in [-0.3, -0.25) is 9.48 Å². The van der Waals surface area contributed by atoms with Crippen LogP contribution in [-0.4, -0.2) is 74.1 Å². The summed E-state index contributed by atoms with van der Waals surface area (Å²) in [5.41, 5.74) is -1.22. The van der Waals surface area contributed by atoms with Crippen LogP contribution in [0.3, 0.4) is 0 Å². The molecule has 4 heterocycles. The summed E-state index contributed by atoms with van der Waals surface area (Å²) >= 11 is 0. The summed E-state index contributed by atoms with van der Waals surface area (Å²) in [6, 6.07) is 2.17. The molecule has 14 heteroatoms. The van der Waals surface area contributed by atoms with E-state index in [2.05, 4.69) is 15.2 Å². The Morgan fingerprint density at radius 3 is 2.20 bits per heavy atom. The van der Waals surface area contributed by atoms with Gasteiger partial charge >= 0.3 is 6.18 Å². The van der Waals surface area contributed by atoms with Gasteiger partial charge in [-0.15, -0.1) is 0 Å². The van der Waals surface area contributed by atoms with Crippen LogP contribution in [-0.2, 0) is 28.7 Å². The zero-order valence-corrected chi connectivity index (χ0v) is 20.8. The van der Waals surface area contributed by atoms with Gasteiger partial charge in [0.25, 0.3) is 5.91 Å². The Morgan fingerprint density at radius 2 is 1.69 bits per heavy atom. The molecule has 3 aromatic rings. The molecule has 1 amide bonds. The number of halogens is 3. The highest BCUT2D eigenvalue weighted by atomic mass is 32.2. The van der Waals surface area contributed by atoms with Crippen LogP contribution in [0.25, 0.3) is 5.65 Å². The Kier molecular flexibility index (Phi) is 5.95. The summed E-state index contributed by atoms with van der Waals surface area (Å²) in [7, 11) is -2.15. The van der Waals surface area contributed by atoms with Crippen molar-refractivity contribution in [1.29, 1.82) is 0 Å². The van der Waals surface area contributed by atoms with Crippen molar-refractivity contribution in [2.24, 2.45) is 7.05 Å². The van der Waals surface area contributed by atoms with Crippen molar-refractivity contribution < 1.29 is 26.4 Å². The van der Waals surface area contributed by atoms with Crippen LogP contribution in [0, 0.1) is 6.92 Å². The number of hydrogen-bond donors (Lipinski definition) is 0. The molecule has 0 aromatic carbocycles. The number of carbonyl (C=O) groups is 1. The van der Waals surface area contributed by atoms with Crippen LogP contribution in [0.2, 0.25) is 0 Å². The second kappa shape index (κ2) is 8.29. The average Bonchev–Trinajstić information content (AvgIpc) is 3.35. The lowest BCUT2D eigenvalue weighted by Crippen LogP contribution is -2.50. The fraction of sp³-hybridized carbons (Fsp3) is 0.524. The molecule has 0 spiro atoms. The van der Waals surface area contributed by atoms with Gasteiger partial charge in [-0.25, -0.2) is 17.9 Å². The second-order valence-corrected chi connectivity index (χ2v) is 11.4. The van der Waals surface area contributed by atoms with E-state index in [-0.39, 0.29) is 48.1 Å². The first-order chi connectivity index (χ1) is 16.1. The van der Waals surface area contributed by atoms with Crippen LogP contribution in [0.4, 0.5) is 13.2 Å². The highest BCUT2D eigenvalue weighted by Crippen LogP contribution is 2.33. The number of amides is 1. The Hall–Kier alpha value is -3.00. The van der Waals surface area contributed by atoms with Crippen LogP contribution in [0.15, 0.2) is 23.2 Å². The van der Waals surface area contributed by atoms with Crippen molar-refractivity contribution in [3.8, 4) is 0 Å². The minimum Gasteiger partial charge on any atom is -0.335 e. The molecule has 0 atom stereocenters. The normalized spacial score (nSPS) is 16.3. The molecule has 0 aliphatic carbocycles. The number of aromatic nitrogens is 5. The smallest absolute Gasteiger partial charge is 0.335 e. The molecule has 0 bridgehead atoms. The Bertz CT molecular complexity index is 1400. The maximum Gasteiger partial charge on any atom is 0.433 e. The third-order valence-electron chi connectivity index (χ3n) is 6.04. The standard InChI is InChI=1S/C21H26F3N7O3S/c1-13-15(12-25-28(13)5)35(33,34)30-8-6-29(7-9-30)19(32)14-10-18-26-16(20(2,3)4)11-17(21(22,23)24)31(18)27-14/h10-12H,6-9H2,1-5H3. The molecule has 1 aliphatic rings. The lowest BCUT2D eigenvalue weighted by molar-refractivity contribution is -0.142. The molecule has 0 radical (unpaired) electrons. The minimum atomic E-state index is -4.70. The molecule has 10 nitrogen and oxygen atoms in total. The molecule has 35 heavy (non-hydrogen) atoms. The summed E-state index contributed by atoms with van der Waals surface area (Å²) in [5.74, 6) is -0.587. The third-order valence-corrected chi connectivity index (χ3v) is 8.04. The van der Waals surface area contributed by atoms with Crippen molar-refractivity contribution in [3.05, 3.63) is 41.1 Å². The summed E-state index contributed by atoms with van der Waals surface area (Å²) in [6.07, 6.45) is -3.41.